The molecule has 10 atom stereocenters. The molecule has 2 aliphatic rings. The molecule has 77 heavy (non-hydrogen) atoms. The van der Waals surface area contributed by atoms with E-state index in [0.29, 0.717) is 25.7 Å². The van der Waals surface area contributed by atoms with Gasteiger partial charge in [0.05, 0.1) is 58.2 Å². The number of carbonyl (C=O) groups is 2. The summed E-state index contributed by atoms with van der Waals surface area (Å²) in [5.41, 5.74) is 0. The molecule has 23 heteroatoms. The fraction of sp³-hybridized carbons (Fsp3) is 0.963. The van der Waals surface area contributed by atoms with E-state index in [4.69, 9.17) is 28.4 Å². The summed E-state index contributed by atoms with van der Waals surface area (Å²) in [6.07, 6.45) is 23.0. The number of aliphatic hydroxyl groups is 6. The third-order valence-electron chi connectivity index (χ3n) is 13.7. The average Bonchev–Trinajstić information content (AvgIpc) is 3.36. The van der Waals surface area contributed by atoms with Gasteiger partial charge in [0, 0.05) is 25.7 Å². The van der Waals surface area contributed by atoms with Gasteiger partial charge in [0.25, 0.3) is 0 Å². The van der Waals surface area contributed by atoms with Crippen LogP contribution in [0.3, 0.4) is 0 Å². The van der Waals surface area contributed by atoms with Crippen molar-refractivity contribution in [1.82, 2.24) is 0 Å². The molecule has 2 rings (SSSR count). The van der Waals surface area contributed by atoms with Crippen LogP contribution in [0.2, 0.25) is 0 Å². The molecule has 20 nitrogen and oxygen atoms in total. The Morgan fingerprint density at radius 1 is 0.377 bits per heavy atom. The van der Waals surface area contributed by atoms with Gasteiger partial charge in [0.2, 0.25) is 0 Å². The molecule has 0 aromatic rings. The van der Waals surface area contributed by atoms with Crippen molar-refractivity contribution >= 4 is 69.9 Å². The molecule has 0 aromatic heterocycles. The Morgan fingerprint density at radius 3 is 0.870 bits per heavy atom. The van der Waals surface area contributed by atoms with E-state index in [1.807, 2.05) is 0 Å². The number of carbonyl (C=O) groups excluding carboxylic acids is 2. The molecule has 0 spiro atoms. The van der Waals surface area contributed by atoms with Crippen LogP contribution < -0.4 is 0 Å². The largest absolute Gasteiger partial charge is 2.00 e. The van der Waals surface area contributed by atoms with Gasteiger partial charge in [-0.1, -0.05) is 194 Å². The van der Waals surface area contributed by atoms with Crippen LogP contribution in [0.1, 0.15) is 232 Å². The van der Waals surface area contributed by atoms with Gasteiger partial charge in [-0.3, -0.25) is 9.59 Å². The summed E-state index contributed by atoms with van der Waals surface area (Å²) in [4.78, 5) is 23.7. The molecule has 0 bridgehead atoms. The summed E-state index contributed by atoms with van der Waals surface area (Å²) >= 11 is 0. The Labute approximate surface area is 492 Å². The smallest absolute Gasteiger partial charge is 0.748 e. The van der Waals surface area contributed by atoms with Gasteiger partial charge in [0.1, 0.15) is 48.8 Å². The molecule has 2 saturated heterocycles. The zero-order valence-electron chi connectivity index (χ0n) is 47.0. The van der Waals surface area contributed by atoms with Crippen LogP contribution in [0.5, 0.6) is 0 Å². The Morgan fingerprint density at radius 2 is 0.623 bits per heavy atom. The van der Waals surface area contributed by atoms with Gasteiger partial charge in [-0.25, -0.2) is 16.8 Å². The van der Waals surface area contributed by atoms with Crippen molar-refractivity contribution in [1.29, 1.82) is 0 Å². The van der Waals surface area contributed by atoms with Crippen molar-refractivity contribution in [3.05, 3.63) is 0 Å². The molecule has 6 N–H and O–H groups in total. The van der Waals surface area contributed by atoms with Crippen LogP contribution in [-0.2, 0) is 58.2 Å². The SMILES string of the molecule is CCCCCCCCCCCCCCCCCC(=O)OCCCO[C@@H]1O[C@H](CS(=O)(=O)[O-])[C@@H](O)[C@H](O)[C@H]1O.CCCCCCCCCCCCCCCCCC(=O)OCCCO[C@@H]1O[C@H](CS(=O)(=O)[O-])[C@@H](O)[C@H](O)[C@H]1O.[Ca+2]. The van der Waals surface area contributed by atoms with Crippen LogP contribution in [0, 0.1) is 0 Å². The monoisotopic (exact) mass is 1170 g/mol. The first-order valence-electron chi connectivity index (χ1n) is 29.1. The van der Waals surface area contributed by atoms with Crippen molar-refractivity contribution in [2.24, 2.45) is 0 Å². The third-order valence-corrected chi connectivity index (χ3v) is 15.2. The Bertz CT molecular complexity index is 1530. The molecule has 0 amide bonds. The topological polar surface area (TPSA) is 325 Å². The molecular formula is C54H102CaO20S2. The third kappa shape index (κ3) is 41.3. The minimum atomic E-state index is -4.72. The Kier molecular flexibility index (Phi) is 47.8. The summed E-state index contributed by atoms with van der Waals surface area (Å²) in [7, 11) is -9.45. The summed E-state index contributed by atoms with van der Waals surface area (Å²) in [6, 6.07) is 0. The van der Waals surface area contributed by atoms with E-state index in [0.717, 1.165) is 38.5 Å². The van der Waals surface area contributed by atoms with Crippen molar-refractivity contribution in [3.63, 3.8) is 0 Å². The van der Waals surface area contributed by atoms with E-state index < -0.39 is 93.2 Å². The molecule has 0 saturated carbocycles. The van der Waals surface area contributed by atoms with Crippen molar-refractivity contribution < 1.29 is 94.6 Å². The molecule has 0 aliphatic carbocycles. The van der Waals surface area contributed by atoms with Crippen molar-refractivity contribution in [3.8, 4) is 0 Å². The summed E-state index contributed by atoms with van der Waals surface area (Å²) in [5.74, 6) is -2.69. The molecule has 2 aliphatic heterocycles. The van der Waals surface area contributed by atoms with E-state index >= 15 is 0 Å². The first-order chi connectivity index (χ1) is 36.3. The Balaban J connectivity index is 0.00000148. The van der Waals surface area contributed by atoms with E-state index in [1.54, 1.807) is 0 Å². The fourth-order valence-electron chi connectivity index (χ4n) is 9.10. The quantitative estimate of drug-likeness (QED) is 0.0159. The average molecular weight is 1180 g/mol. The molecular weight excluding hydrogens is 1070 g/mol. The van der Waals surface area contributed by atoms with E-state index in [-0.39, 0.29) is 76.1 Å². The maximum Gasteiger partial charge on any atom is 2.00 e. The minimum absolute atomic E-state index is 0. The number of esters is 2. The number of hydrogen-bond acceptors (Lipinski definition) is 20. The van der Waals surface area contributed by atoms with Crippen LogP contribution in [0.15, 0.2) is 0 Å². The van der Waals surface area contributed by atoms with Crippen molar-refractivity contribution in [2.75, 3.05) is 37.9 Å². The second kappa shape index (κ2) is 48.0. The molecule has 0 radical (unpaired) electrons. The van der Waals surface area contributed by atoms with Gasteiger partial charge < -0.3 is 68.2 Å². The molecule has 2 fully saturated rings. The number of aliphatic hydroxyl groups excluding tert-OH is 6. The van der Waals surface area contributed by atoms with Crippen LogP contribution in [0.25, 0.3) is 0 Å². The molecule has 2 heterocycles. The Hall–Kier alpha value is -0.380. The summed E-state index contributed by atoms with van der Waals surface area (Å²) in [5, 5.41) is 59.3. The normalized spacial score (nSPS) is 23.7. The summed E-state index contributed by atoms with van der Waals surface area (Å²) in [6.45, 7) is 4.69. The predicted molar refractivity (Wildman–Crippen MR) is 290 cm³/mol. The first kappa shape index (κ1) is 76.6. The van der Waals surface area contributed by atoms with Crippen LogP contribution in [-0.4, -0.2) is 206 Å². The summed E-state index contributed by atoms with van der Waals surface area (Å²) < 4.78 is 96.9. The van der Waals surface area contributed by atoms with E-state index in [1.165, 1.54) is 154 Å². The predicted octanol–water partition coefficient (Wildman–Crippen LogP) is 6.72. The fourth-order valence-corrected chi connectivity index (χ4v) is 10.5. The maximum atomic E-state index is 11.9. The zero-order chi connectivity index (χ0) is 56.5. The van der Waals surface area contributed by atoms with Gasteiger partial charge in [0.15, 0.2) is 12.6 Å². The molecule has 0 unspecified atom stereocenters. The van der Waals surface area contributed by atoms with Crippen molar-refractivity contribution in [2.45, 2.75) is 294 Å². The van der Waals surface area contributed by atoms with Crippen LogP contribution >= 0.6 is 0 Å². The second-order valence-electron chi connectivity index (χ2n) is 20.8. The van der Waals surface area contributed by atoms with E-state index in [9.17, 15) is 66.2 Å². The minimum Gasteiger partial charge on any atom is -0.748 e. The van der Waals surface area contributed by atoms with Crippen LogP contribution in [0.4, 0.5) is 0 Å². The van der Waals surface area contributed by atoms with E-state index in [2.05, 4.69) is 13.8 Å². The molecule has 0 aromatic carbocycles. The van der Waals surface area contributed by atoms with Gasteiger partial charge in [-0.15, -0.1) is 0 Å². The number of hydrogen-bond donors (Lipinski definition) is 6. The first-order valence-corrected chi connectivity index (χ1v) is 32.3. The van der Waals surface area contributed by atoms with Gasteiger partial charge >= 0.3 is 49.7 Å². The number of ether oxygens (including phenoxy) is 6. The number of rotatable bonds is 46. The maximum absolute atomic E-state index is 11.9. The van der Waals surface area contributed by atoms with Gasteiger partial charge in [-0.2, -0.15) is 0 Å². The second-order valence-corrected chi connectivity index (χ2v) is 23.7. The number of unbranched alkanes of at least 4 members (excludes halogenated alkanes) is 28. The zero-order valence-corrected chi connectivity index (χ0v) is 50.8. The van der Waals surface area contributed by atoms with Gasteiger partial charge in [-0.05, 0) is 12.8 Å². The standard InChI is InChI=1S/2C27H52O10S.Ca/c2*1-2-3-4-5-6-7-8-9-10-11-12-13-14-15-16-18-23(28)35-19-17-20-36-27-26(31)25(30)24(29)22(37-27)21-38(32,33)34;/h2*22,24-27,29-31H,2-21H2,1H3,(H,32,33,34);/q;;+2/p-2/t2*22-,24-,25+,26-,27-;/m11./s1. The molecule has 452 valence electrons.